The van der Waals surface area contributed by atoms with E-state index in [9.17, 15) is 4.79 Å². The fraction of sp³-hybridized carbons (Fsp3) is 0.500. The van der Waals surface area contributed by atoms with Gasteiger partial charge in [0.1, 0.15) is 11.6 Å². The zero-order valence-electron chi connectivity index (χ0n) is 9.45. The van der Waals surface area contributed by atoms with Crippen LogP contribution in [0.25, 0.3) is 0 Å². The molecule has 0 saturated carbocycles. The molecular weight excluding hydrogens is 206 g/mol. The normalized spacial score (nSPS) is 14.5. The molecule has 0 aromatic carbocycles. The van der Waals surface area contributed by atoms with Crippen LogP contribution in [0, 0.1) is 6.92 Å². The molecular formula is C10H15N5O. The number of hydrogen-bond donors (Lipinski definition) is 2. The second-order valence-electron chi connectivity index (χ2n) is 3.80. The number of rotatable bonds is 3. The fourth-order valence-corrected chi connectivity index (χ4v) is 1.69. The SMILES string of the molecule is CNc1nc(C(N)=O)nc(N2CCC2)c1C. The molecule has 1 saturated heterocycles. The van der Waals surface area contributed by atoms with Crippen molar-refractivity contribution in [3.05, 3.63) is 11.4 Å². The van der Waals surface area contributed by atoms with E-state index < -0.39 is 5.91 Å². The van der Waals surface area contributed by atoms with Crippen molar-refractivity contribution in [2.45, 2.75) is 13.3 Å². The lowest BCUT2D eigenvalue weighted by Crippen LogP contribution is -2.38. The molecule has 6 heteroatoms. The molecule has 0 radical (unpaired) electrons. The molecule has 2 rings (SSSR count). The van der Waals surface area contributed by atoms with Crippen molar-refractivity contribution in [3.8, 4) is 0 Å². The first-order chi connectivity index (χ1) is 7.63. The molecule has 0 atom stereocenters. The van der Waals surface area contributed by atoms with Gasteiger partial charge < -0.3 is 16.0 Å². The summed E-state index contributed by atoms with van der Waals surface area (Å²) in [6.45, 7) is 3.88. The Kier molecular flexibility index (Phi) is 2.64. The summed E-state index contributed by atoms with van der Waals surface area (Å²) in [4.78, 5) is 21.5. The largest absolute Gasteiger partial charge is 0.373 e. The molecule has 6 nitrogen and oxygen atoms in total. The highest BCUT2D eigenvalue weighted by atomic mass is 16.1. The summed E-state index contributed by atoms with van der Waals surface area (Å²) in [5, 5.41) is 2.95. The van der Waals surface area contributed by atoms with Gasteiger partial charge >= 0.3 is 0 Å². The van der Waals surface area contributed by atoms with Crippen LogP contribution in [0.15, 0.2) is 0 Å². The van der Waals surface area contributed by atoms with Crippen LogP contribution in [0.4, 0.5) is 11.6 Å². The summed E-state index contributed by atoms with van der Waals surface area (Å²) in [5.41, 5.74) is 6.16. The minimum Gasteiger partial charge on any atom is -0.373 e. The number of carbonyl (C=O) groups is 1. The zero-order chi connectivity index (χ0) is 11.7. The average molecular weight is 221 g/mol. The van der Waals surface area contributed by atoms with Gasteiger partial charge in [-0.2, -0.15) is 0 Å². The summed E-state index contributed by atoms with van der Waals surface area (Å²) in [5.74, 6) is 0.931. The third-order valence-electron chi connectivity index (χ3n) is 2.73. The Bertz CT molecular complexity index is 427. The maximum atomic E-state index is 11.1. The molecule has 0 aliphatic carbocycles. The minimum absolute atomic E-state index is 0.0665. The molecule has 2 heterocycles. The monoisotopic (exact) mass is 221 g/mol. The van der Waals surface area contributed by atoms with Gasteiger partial charge in [0.15, 0.2) is 0 Å². The number of nitrogens with one attached hydrogen (secondary N) is 1. The Balaban J connectivity index is 2.48. The van der Waals surface area contributed by atoms with Crippen LogP contribution < -0.4 is 16.0 Å². The van der Waals surface area contributed by atoms with Crippen LogP contribution in [0.5, 0.6) is 0 Å². The van der Waals surface area contributed by atoms with Crippen LogP contribution in [0.3, 0.4) is 0 Å². The standard InChI is InChI=1S/C10H15N5O/c1-6-8(12-2)13-9(7(11)16)14-10(6)15-4-3-5-15/h3-5H2,1-2H3,(H2,11,16)(H,12,13,14). The Morgan fingerprint density at radius 1 is 1.44 bits per heavy atom. The van der Waals surface area contributed by atoms with E-state index in [4.69, 9.17) is 5.73 Å². The van der Waals surface area contributed by atoms with Crippen LogP contribution in [-0.2, 0) is 0 Å². The summed E-state index contributed by atoms with van der Waals surface area (Å²) >= 11 is 0. The van der Waals surface area contributed by atoms with Gasteiger partial charge in [-0.3, -0.25) is 4.79 Å². The molecule has 0 unspecified atom stereocenters. The highest BCUT2D eigenvalue weighted by Crippen LogP contribution is 2.26. The maximum Gasteiger partial charge on any atom is 0.286 e. The van der Waals surface area contributed by atoms with Crippen LogP contribution in [-0.4, -0.2) is 36.0 Å². The highest BCUT2D eigenvalue weighted by molar-refractivity contribution is 5.90. The van der Waals surface area contributed by atoms with E-state index in [1.165, 1.54) is 0 Å². The van der Waals surface area contributed by atoms with Crippen molar-refractivity contribution in [1.82, 2.24) is 9.97 Å². The summed E-state index contributed by atoms with van der Waals surface area (Å²) in [7, 11) is 1.76. The first-order valence-electron chi connectivity index (χ1n) is 5.24. The van der Waals surface area contributed by atoms with Crippen LogP contribution in [0.1, 0.15) is 22.6 Å². The van der Waals surface area contributed by atoms with E-state index in [0.29, 0.717) is 5.82 Å². The quantitative estimate of drug-likeness (QED) is 0.758. The predicted octanol–water partition coefficient (Wildman–Crippen LogP) is 0.136. The summed E-state index contributed by atoms with van der Waals surface area (Å²) in [6.07, 6.45) is 1.16. The lowest BCUT2D eigenvalue weighted by molar-refractivity contribution is 0.0990. The topological polar surface area (TPSA) is 84.1 Å². The molecule has 1 aliphatic rings. The van der Waals surface area contributed by atoms with E-state index in [1.807, 2.05) is 6.92 Å². The Morgan fingerprint density at radius 2 is 2.12 bits per heavy atom. The summed E-state index contributed by atoms with van der Waals surface area (Å²) < 4.78 is 0. The van der Waals surface area contributed by atoms with E-state index in [1.54, 1.807) is 7.05 Å². The smallest absolute Gasteiger partial charge is 0.286 e. The minimum atomic E-state index is -0.599. The molecule has 0 bridgehead atoms. The fourth-order valence-electron chi connectivity index (χ4n) is 1.69. The number of anilines is 2. The number of amides is 1. The number of aromatic nitrogens is 2. The third-order valence-corrected chi connectivity index (χ3v) is 2.73. The predicted molar refractivity (Wildman–Crippen MR) is 61.7 cm³/mol. The molecule has 1 aromatic rings. The Labute approximate surface area is 93.9 Å². The lowest BCUT2D eigenvalue weighted by atomic mass is 10.2. The van der Waals surface area contributed by atoms with Crippen molar-refractivity contribution in [3.63, 3.8) is 0 Å². The lowest BCUT2D eigenvalue weighted by Gasteiger charge is -2.33. The van der Waals surface area contributed by atoms with Crippen molar-refractivity contribution in [2.24, 2.45) is 5.73 Å². The Hall–Kier alpha value is -1.85. The van der Waals surface area contributed by atoms with Gasteiger partial charge in [-0.15, -0.1) is 0 Å². The summed E-state index contributed by atoms with van der Waals surface area (Å²) in [6, 6.07) is 0. The van der Waals surface area contributed by atoms with Crippen molar-refractivity contribution in [2.75, 3.05) is 30.4 Å². The van der Waals surface area contributed by atoms with E-state index in [2.05, 4.69) is 20.2 Å². The highest BCUT2D eigenvalue weighted by Gasteiger charge is 2.22. The van der Waals surface area contributed by atoms with E-state index >= 15 is 0 Å². The first kappa shape index (κ1) is 10.7. The molecule has 3 N–H and O–H groups in total. The Morgan fingerprint density at radius 3 is 2.56 bits per heavy atom. The molecule has 1 fully saturated rings. The number of carbonyl (C=O) groups excluding carboxylic acids is 1. The number of hydrogen-bond acceptors (Lipinski definition) is 5. The third kappa shape index (κ3) is 1.66. The molecule has 1 aromatic heterocycles. The van der Waals surface area contributed by atoms with Gasteiger partial charge in [-0.05, 0) is 13.3 Å². The van der Waals surface area contributed by atoms with Gasteiger partial charge in [0.2, 0.25) is 5.82 Å². The van der Waals surface area contributed by atoms with E-state index in [0.717, 1.165) is 30.9 Å². The van der Waals surface area contributed by atoms with Crippen LogP contribution >= 0.6 is 0 Å². The van der Waals surface area contributed by atoms with Gasteiger partial charge in [0, 0.05) is 25.7 Å². The molecule has 0 spiro atoms. The van der Waals surface area contributed by atoms with Gasteiger partial charge in [-0.1, -0.05) is 0 Å². The van der Waals surface area contributed by atoms with Gasteiger partial charge in [-0.25, -0.2) is 9.97 Å². The van der Waals surface area contributed by atoms with Gasteiger partial charge in [0.25, 0.3) is 5.91 Å². The number of primary amides is 1. The second-order valence-corrected chi connectivity index (χ2v) is 3.80. The second kappa shape index (κ2) is 3.96. The molecule has 1 amide bonds. The molecule has 86 valence electrons. The van der Waals surface area contributed by atoms with Crippen molar-refractivity contribution in [1.29, 1.82) is 0 Å². The number of nitrogens with two attached hydrogens (primary N) is 1. The molecule has 16 heavy (non-hydrogen) atoms. The maximum absolute atomic E-state index is 11.1. The van der Waals surface area contributed by atoms with Crippen LogP contribution in [0.2, 0.25) is 0 Å². The zero-order valence-corrected chi connectivity index (χ0v) is 9.45. The average Bonchev–Trinajstić information content (AvgIpc) is 2.18. The number of nitrogens with zero attached hydrogens (tertiary/aromatic N) is 3. The van der Waals surface area contributed by atoms with Gasteiger partial charge in [0.05, 0.1) is 0 Å². The van der Waals surface area contributed by atoms with E-state index in [-0.39, 0.29) is 5.82 Å². The van der Waals surface area contributed by atoms with Crippen molar-refractivity contribution < 1.29 is 4.79 Å². The first-order valence-corrected chi connectivity index (χ1v) is 5.24. The van der Waals surface area contributed by atoms with Crippen molar-refractivity contribution >= 4 is 17.5 Å². The molecule has 1 aliphatic heterocycles.